The van der Waals surface area contributed by atoms with Crippen LogP contribution < -0.4 is 5.32 Å². The van der Waals surface area contributed by atoms with Crippen molar-refractivity contribution in [2.24, 2.45) is 0 Å². The highest BCUT2D eigenvalue weighted by molar-refractivity contribution is 7.12. The number of hydrogen-bond donors (Lipinski definition) is 3. The van der Waals surface area contributed by atoms with E-state index in [2.05, 4.69) is 5.32 Å². The summed E-state index contributed by atoms with van der Waals surface area (Å²) < 4.78 is 0. The Morgan fingerprint density at radius 1 is 1.41 bits per heavy atom. The zero-order valence-electron chi connectivity index (χ0n) is 8.34. The molecule has 0 unspecified atom stereocenters. The zero-order chi connectivity index (χ0) is 13.0. The molecular formula is C9H8ClNO5S. The number of amides is 1. The minimum Gasteiger partial charge on any atom is -0.481 e. The van der Waals surface area contributed by atoms with Crippen molar-refractivity contribution in [3.63, 3.8) is 0 Å². The van der Waals surface area contributed by atoms with Crippen LogP contribution in [0.3, 0.4) is 0 Å². The summed E-state index contributed by atoms with van der Waals surface area (Å²) in [5.41, 5.74) is 0. The molecule has 8 heteroatoms. The van der Waals surface area contributed by atoms with Crippen molar-refractivity contribution in [1.82, 2.24) is 5.32 Å². The minimum atomic E-state index is -1.47. The molecule has 1 amide bonds. The summed E-state index contributed by atoms with van der Waals surface area (Å²) in [6, 6.07) is 0.0202. The second-order valence-electron chi connectivity index (χ2n) is 3.06. The molecule has 0 spiro atoms. The lowest BCUT2D eigenvalue weighted by Gasteiger charge is -2.11. The number of hydrogen-bond acceptors (Lipinski definition) is 4. The Hall–Kier alpha value is -1.60. The standard InChI is InChI=1S/C9H8ClNO5S/c10-4-1-2-17-7(4)8(14)11-5(9(15)16)3-6(12)13/h1-2,5H,3H2,(H,11,14)(H,12,13)(H,15,16)/t5-/m0/s1. The third-order valence-corrected chi connectivity index (χ3v) is 3.15. The summed E-state index contributed by atoms with van der Waals surface area (Å²) in [4.78, 5) is 32.9. The molecule has 1 rings (SSSR count). The molecule has 0 radical (unpaired) electrons. The maximum Gasteiger partial charge on any atom is 0.326 e. The quantitative estimate of drug-likeness (QED) is 0.746. The van der Waals surface area contributed by atoms with Gasteiger partial charge in [0.1, 0.15) is 10.9 Å². The molecule has 1 heterocycles. The van der Waals surface area contributed by atoms with Crippen molar-refractivity contribution in [3.8, 4) is 0 Å². The molecule has 1 atom stereocenters. The van der Waals surface area contributed by atoms with E-state index in [4.69, 9.17) is 21.8 Å². The molecule has 1 aromatic rings. The minimum absolute atomic E-state index is 0.156. The Morgan fingerprint density at radius 3 is 2.47 bits per heavy atom. The van der Waals surface area contributed by atoms with Crippen molar-refractivity contribution in [2.75, 3.05) is 0 Å². The van der Waals surface area contributed by atoms with E-state index in [-0.39, 0.29) is 9.90 Å². The molecular weight excluding hydrogens is 270 g/mol. The number of carboxylic acid groups (broad SMARTS) is 2. The van der Waals surface area contributed by atoms with E-state index < -0.39 is 30.3 Å². The molecule has 0 aromatic carbocycles. The lowest BCUT2D eigenvalue weighted by atomic mass is 10.2. The first-order valence-corrected chi connectivity index (χ1v) is 5.66. The number of halogens is 1. The van der Waals surface area contributed by atoms with Crippen LogP contribution in [-0.4, -0.2) is 34.1 Å². The van der Waals surface area contributed by atoms with Crippen LogP contribution >= 0.6 is 22.9 Å². The maximum atomic E-state index is 11.6. The summed E-state index contributed by atoms with van der Waals surface area (Å²) >= 11 is 6.74. The molecule has 6 nitrogen and oxygen atoms in total. The van der Waals surface area contributed by atoms with Gasteiger partial charge in [-0.2, -0.15) is 0 Å². The van der Waals surface area contributed by atoms with Crippen molar-refractivity contribution >= 4 is 40.8 Å². The summed E-state index contributed by atoms with van der Waals surface area (Å²) in [7, 11) is 0. The number of thiophene rings is 1. The Labute approximate surface area is 105 Å². The van der Waals surface area contributed by atoms with Gasteiger partial charge in [0.05, 0.1) is 11.4 Å². The molecule has 0 aliphatic carbocycles. The number of carboxylic acids is 2. The average molecular weight is 278 g/mol. The number of carbonyl (C=O) groups excluding carboxylic acids is 1. The van der Waals surface area contributed by atoms with Crippen LogP contribution in [0, 0.1) is 0 Å². The van der Waals surface area contributed by atoms with Crippen molar-refractivity contribution in [1.29, 1.82) is 0 Å². The number of rotatable bonds is 5. The molecule has 0 bridgehead atoms. The van der Waals surface area contributed by atoms with Gasteiger partial charge < -0.3 is 15.5 Å². The fourth-order valence-corrected chi connectivity index (χ4v) is 2.10. The van der Waals surface area contributed by atoms with Gasteiger partial charge in [0, 0.05) is 0 Å². The van der Waals surface area contributed by atoms with E-state index in [1.807, 2.05) is 0 Å². The van der Waals surface area contributed by atoms with Gasteiger partial charge >= 0.3 is 11.9 Å². The zero-order valence-corrected chi connectivity index (χ0v) is 9.92. The molecule has 3 N–H and O–H groups in total. The fraction of sp³-hybridized carbons (Fsp3) is 0.222. The van der Waals surface area contributed by atoms with E-state index in [1.165, 1.54) is 6.07 Å². The van der Waals surface area contributed by atoms with Crippen LogP contribution in [0.15, 0.2) is 11.4 Å². The smallest absolute Gasteiger partial charge is 0.326 e. The van der Waals surface area contributed by atoms with Crippen molar-refractivity contribution in [3.05, 3.63) is 21.3 Å². The predicted octanol–water partition coefficient (Wildman–Crippen LogP) is 1.06. The van der Waals surface area contributed by atoms with Gasteiger partial charge in [-0.05, 0) is 11.4 Å². The SMILES string of the molecule is O=C(O)C[C@H](NC(=O)c1sccc1Cl)C(=O)O. The maximum absolute atomic E-state index is 11.6. The fourth-order valence-electron chi connectivity index (χ4n) is 1.05. The van der Waals surface area contributed by atoms with Crippen LogP contribution in [0.2, 0.25) is 5.02 Å². The van der Waals surface area contributed by atoms with Gasteiger partial charge in [0.2, 0.25) is 0 Å². The van der Waals surface area contributed by atoms with E-state index in [0.29, 0.717) is 0 Å². The van der Waals surface area contributed by atoms with Gasteiger partial charge in [0.25, 0.3) is 5.91 Å². The van der Waals surface area contributed by atoms with Crippen LogP contribution in [0.25, 0.3) is 0 Å². The first-order valence-electron chi connectivity index (χ1n) is 4.40. The van der Waals surface area contributed by atoms with Crippen molar-refractivity contribution in [2.45, 2.75) is 12.5 Å². The van der Waals surface area contributed by atoms with E-state index in [9.17, 15) is 14.4 Å². The summed E-state index contributed by atoms with van der Waals surface area (Å²) in [5, 5.41) is 21.1. The van der Waals surface area contributed by atoms with Crippen LogP contribution in [-0.2, 0) is 9.59 Å². The highest BCUT2D eigenvalue weighted by atomic mass is 35.5. The number of aliphatic carboxylic acids is 2. The molecule has 1 aromatic heterocycles. The molecule has 0 saturated carbocycles. The van der Waals surface area contributed by atoms with E-state index in [0.717, 1.165) is 11.3 Å². The molecule has 92 valence electrons. The molecule has 0 saturated heterocycles. The second-order valence-corrected chi connectivity index (χ2v) is 4.38. The lowest BCUT2D eigenvalue weighted by Crippen LogP contribution is -2.42. The Balaban J connectivity index is 2.74. The first kappa shape index (κ1) is 13.5. The Kier molecular flexibility index (Phi) is 4.47. The van der Waals surface area contributed by atoms with Crippen LogP contribution in [0.4, 0.5) is 0 Å². The first-order chi connectivity index (χ1) is 7.91. The lowest BCUT2D eigenvalue weighted by molar-refractivity contribution is -0.145. The summed E-state index contributed by atoms with van der Waals surface area (Å²) in [6.07, 6.45) is -0.690. The van der Waals surface area contributed by atoms with E-state index in [1.54, 1.807) is 5.38 Å². The van der Waals surface area contributed by atoms with Gasteiger partial charge in [-0.15, -0.1) is 11.3 Å². The Bertz CT molecular complexity index is 458. The largest absolute Gasteiger partial charge is 0.481 e. The van der Waals surface area contributed by atoms with Crippen LogP contribution in [0.5, 0.6) is 0 Å². The summed E-state index contributed by atoms with van der Waals surface area (Å²) in [6.45, 7) is 0. The average Bonchev–Trinajstić information content (AvgIpc) is 2.62. The highest BCUT2D eigenvalue weighted by Gasteiger charge is 2.24. The normalized spacial score (nSPS) is 11.8. The van der Waals surface area contributed by atoms with Gasteiger partial charge in [-0.25, -0.2) is 4.79 Å². The topological polar surface area (TPSA) is 104 Å². The number of carbonyl (C=O) groups is 3. The van der Waals surface area contributed by atoms with Gasteiger partial charge in [-0.1, -0.05) is 11.6 Å². The predicted molar refractivity (Wildman–Crippen MR) is 60.5 cm³/mol. The van der Waals surface area contributed by atoms with Gasteiger partial charge in [0.15, 0.2) is 0 Å². The van der Waals surface area contributed by atoms with Gasteiger partial charge in [-0.3, -0.25) is 9.59 Å². The third kappa shape index (κ3) is 3.72. The third-order valence-electron chi connectivity index (χ3n) is 1.81. The number of nitrogens with one attached hydrogen (secondary N) is 1. The molecule has 0 aliphatic rings. The van der Waals surface area contributed by atoms with Crippen molar-refractivity contribution < 1.29 is 24.6 Å². The molecule has 17 heavy (non-hydrogen) atoms. The highest BCUT2D eigenvalue weighted by Crippen LogP contribution is 2.21. The second kappa shape index (κ2) is 5.65. The summed E-state index contributed by atoms with van der Waals surface area (Å²) in [5.74, 6) is -3.41. The Morgan fingerprint density at radius 2 is 2.06 bits per heavy atom. The molecule has 0 fully saturated rings. The van der Waals surface area contributed by atoms with E-state index >= 15 is 0 Å². The monoisotopic (exact) mass is 277 g/mol. The van der Waals surface area contributed by atoms with Crippen LogP contribution in [0.1, 0.15) is 16.1 Å². The molecule has 0 aliphatic heterocycles.